The number of amides is 1. The molecule has 112 valence electrons. The molecule has 0 aromatic heterocycles. The smallest absolute Gasteiger partial charge is 0.253 e. The first kappa shape index (κ1) is 16.5. The van der Waals surface area contributed by atoms with Gasteiger partial charge in [0, 0.05) is 18.3 Å². The van der Waals surface area contributed by atoms with Crippen molar-refractivity contribution in [3.05, 3.63) is 29.3 Å². The molecule has 1 rings (SSSR count). The van der Waals surface area contributed by atoms with Crippen molar-refractivity contribution in [2.45, 2.75) is 39.7 Å². The molecule has 4 nitrogen and oxygen atoms in total. The van der Waals surface area contributed by atoms with Crippen molar-refractivity contribution in [2.75, 3.05) is 25.9 Å². The van der Waals surface area contributed by atoms with Gasteiger partial charge >= 0.3 is 0 Å². The van der Waals surface area contributed by atoms with Crippen molar-refractivity contribution in [1.82, 2.24) is 10.2 Å². The Morgan fingerprint density at radius 2 is 2.05 bits per heavy atom. The minimum atomic E-state index is -0.0836. The Morgan fingerprint density at radius 3 is 2.65 bits per heavy atom. The maximum Gasteiger partial charge on any atom is 0.253 e. The molecule has 0 unspecified atom stereocenters. The Hall–Kier alpha value is -1.55. The number of nitrogens with two attached hydrogens (primary N) is 1. The Morgan fingerprint density at radius 1 is 1.35 bits per heavy atom. The number of benzene rings is 1. The molecule has 0 spiro atoms. The number of nitrogens with zero attached hydrogens (tertiary/aromatic N) is 1. The number of nitrogen functional groups attached to an aromatic ring is 1. The Bertz CT molecular complexity index is 443. The predicted octanol–water partition coefficient (Wildman–Crippen LogP) is 2.43. The third kappa shape index (κ3) is 5.21. The molecule has 4 heteroatoms. The molecule has 1 aromatic rings. The third-order valence-corrected chi connectivity index (χ3v) is 3.56. The summed E-state index contributed by atoms with van der Waals surface area (Å²) in [6, 6.07) is 6.08. The second kappa shape index (κ2) is 7.90. The van der Waals surface area contributed by atoms with Crippen LogP contribution in [-0.4, -0.2) is 37.0 Å². The second-order valence-electron chi connectivity index (χ2n) is 5.63. The zero-order valence-corrected chi connectivity index (χ0v) is 13.1. The third-order valence-electron chi connectivity index (χ3n) is 3.56. The molecule has 0 saturated heterocycles. The normalized spacial score (nSPS) is 11.1. The van der Waals surface area contributed by atoms with Crippen molar-refractivity contribution in [3.63, 3.8) is 0 Å². The van der Waals surface area contributed by atoms with Crippen molar-refractivity contribution in [2.24, 2.45) is 0 Å². The summed E-state index contributed by atoms with van der Waals surface area (Å²) in [7, 11) is 2.12. The Balaban J connectivity index is 2.30. The van der Waals surface area contributed by atoms with E-state index in [0.29, 0.717) is 23.8 Å². The van der Waals surface area contributed by atoms with Crippen molar-refractivity contribution in [3.8, 4) is 0 Å². The largest absolute Gasteiger partial charge is 0.398 e. The van der Waals surface area contributed by atoms with Crippen LogP contribution in [0.2, 0.25) is 0 Å². The molecule has 0 atom stereocenters. The van der Waals surface area contributed by atoms with E-state index in [1.165, 1.54) is 0 Å². The molecule has 0 saturated carbocycles. The topological polar surface area (TPSA) is 58.4 Å². The van der Waals surface area contributed by atoms with Gasteiger partial charge in [0.05, 0.1) is 5.56 Å². The number of carbonyl (C=O) groups excluding carboxylic acids is 1. The first-order chi connectivity index (χ1) is 9.41. The second-order valence-corrected chi connectivity index (χ2v) is 5.63. The minimum Gasteiger partial charge on any atom is -0.398 e. The van der Waals surface area contributed by atoms with Crippen molar-refractivity contribution in [1.29, 1.82) is 0 Å². The van der Waals surface area contributed by atoms with Crippen LogP contribution < -0.4 is 11.1 Å². The van der Waals surface area contributed by atoms with Crippen LogP contribution in [0.3, 0.4) is 0 Å². The van der Waals surface area contributed by atoms with Gasteiger partial charge in [0.1, 0.15) is 0 Å². The van der Waals surface area contributed by atoms with E-state index in [1.54, 1.807) is 6.07 Å². The highest BCUT2D eigenvalue weighted by Gasteiger charge is 2.09. The molecule has 3 N–H and O–H groups in total. The fourth-order valence-corrected chi connectivity index (χ4v) is 1.93. The molecule has 0 aliphatic carbocycles. The summed E-state index contributed by atoms with van der Waals surface area (Å²) in [6.07, 6.45) is 2.06. The van der Waals surface area contributed by atoms with Crippen LogP contribution in [0.25, 0.3) is 0 Å². The minimum absolute atomic E-state index is 0.0836. The van der Waals surface area contributed by atoms with Crippen molar-refractivity contribution >= 4 is 11.6 Å². The first-order valence-electron chi connectivity index (χ1n) is 7.26. The van der Waals surface area contributed by atoms with Gasteiger partial charge < -0.3 is 16.0 Å². The highest BCUT2D eigenvalue weighted by atomic mass is 16.1. The number of aryl methyl sites for hydroxylation is 1. The van der Waals surface area contributed by atoms with Gasteiger partial charge in [-0.05, 0) is 64.9 Å². The number of rotatable bonds is 7. The summed E-state index contributed by atoms with van der Waals surface area (Å²) in [4.78, 5) is 14.3. The van der Waals surface area contributed by atoms with Crippen LogP contribution in [-0.2, 0) is 0 Å². The molecule has 0 aliphatic heterocycles. The van der Waals surface area contributed by atoms with Gasteiger partial charge in [0.2, 0.25) is 0 Å². The summed E-state index contributed by atoms with van der Waals surface area (Å²) in [5.41, 5.74) is 8.03. The average molecular weight is 277 g/mol. The number of anilines is 1. The maximum atomic E-state index is 12.0. The molecule has 20 heavy (non-hydrogen) atoms. The predicted molar refractivity (Wildman–Crippen MR) is 84.9 cm³/mol. The molecule has 1 aromatic carbocycles. The summed E-state index contributed by atoms with van der Waals surface area (Å²) < 4.78 is 0. The van der Waals surface area contributed by atoms with E-state index in [2.05, 4.69) is 31.1 Å². The van der Waals surface area contributed by atoms with Crippen LogP contribution in [0.15, 0.2) is 18.2 Å². The molecule has 0 bridgehead atoms. The monoisotopic (exact) mass is 277 g/mol. The molecule has 0 aliphatic rings. The van der Waals surface area contributed by atoms with E-state index >= 15 is 0 Å². The number of hydrogen-bond acceptors (Lipinski definition) is 3. The van der Waals surface area contributed by atoms with Gasteiger partial charge in [-0.25, -0.2) is 0 Å². The zero-order valence-electron chi connectivity index (χ0n) is 13.1. The molecular weight excluding hydrogens is 250 g/mol. The summed E-state index contributed by atoms with van der Waals surface area (Å²) >= 11 is 0. The van der Waals surface area contributed by atoms with Crippen LogP contribution in [0.4, 0.5) is 5.69 Å². The molecule has 0 heterocycles. The Labute approximate surface area is 122 Å². The van der Waals surface area contributed by atoms with Gasteiger partial charge in [-0.3, -0.25) is 4.79 Å². The van der Waals surface area contributed by atoms with Gasteiger partial charge in [-0.15, -0.1) is 0 Å². The average Bonchev–Trinajstić information content (AvgIpc) is 2.37. The maximum absolute atomic E-state index is 12.0. The van der Waals surface area contributed by atoms with E-state index in [4.69, 9.17) is 5.73 Å². The lowest BCUT2D eigenvalue weighted by Crippen LogP contribution is -2.29. The number of nitrogens with one attached hydrogen (secondary N) is 1. The van der Waals surface area contributed by atoms with E-state index < -0.39 is 0 Å². The van der Waals surface area contributed by atoms with Crippen LogP contribution >= 0.6 is 0 Å². The standard InChI is InChI=1S/C16H27N3O/c1-12(2)19(4)10-6-5-9-18-16(20)14-8-7-13(3)11-15(14)17/h7-8,11-12H,5-6,9-10,17H2,1-4H3,(H,18,20). The van der Waals surface area contributed by atoms with Gasteiger partial charge in [0.25, 0.3) is 5.91 Å². The Kier molecular flexibility index (Phi) is 6.52. The van der Waals surface area contributed by atoms with Gasteiger partial charge in [0.15, 0.2) is 0 Å². The fraction of sp³-hybridized carbons (Fsp3) is 0.562. The van der Waals surface area contributed by atoms with Crippen LogP contribution in [0, 0.1) is 6.92 Å². The van der Waals surface area contributed by atoms with Gasteiger partial charge in [-0.1, -0.05) is 6.07 Å². The van der Waals surface area contributed by atoms with E-state index in [-0.39, 0.29) is 5.91 Å². The van der Waals surface area contributed by atoms with Crippen LogP contribution in [0.1, 0.15) is 42.6 Å². The van der Waals surface area contributed by atoms with E-state index in [0.717, 1.165) is 24.9 Å². The number of carbonyl (C=O) groups is 1. The summed E-state index contributed by atoms with van der Waals surface area (Å²) in [6.45, 7) is 8.07. The van der Waals surface area contributed by atoms with Crippen molar-refractivity contribution < 1.29 is 4.79 Å². The zero-order chi connectivity index (χ0) is 15.1. The highest BCUT2D eigenvalue weighted by molar-refractivity contribution is 5.99. The quantitative estimate of drug-likeness (QED) is 0.594. The molecule has 0 radical (unpaired) electrons. The SMILES string of the molecule is Cc1ccc(C(=O)NCCCCN(C)C(C)C)c(N)c1. The number of hydrogen-bond donors (Lipinski definition) is 2. The fourth-order valence-electron chi connectivity index (χ4n) is 1.93. The molecular formula is C16H27N3O. The lowest BCUT2D eigenvalue weighted by atomic mass is 10.1. The van der Waals surface area contributed by atoms with E-state index in [9.17, 15) is 4.79 Å². The summed E-state index contributed by atoms with van der Waals surface area (Å²) in [5.74, 6) is -0.0836. The summed E-state index contributed by atoms with van der Waals surface area (Å²) in [5, 5.41) is 2.92. The first-order valence-corrected chi connectivity index (χ1v) is 7.26. The molecule has 1 amide bonds. The lowest BCUT2D eigenvalue weighted by molar-refractivity contribution is 0.0953. The molecule has 0 fully saturated rings. The van der Waals surface area contributed by atoms with Crippen LogP contribution in [0.5, 0.6) is 0 Å². The van der Waals surface area contributed by atoms with Gasteiger partial charge in [-0.2, -0.15) is 0 Å². The lowest BCUT2D eigenvalue weighted by Gasteiger charge is -2.20. The number of unbranched alkanes of at least 4 members (excludes halogenated alkanes) is 1. The highest BCUT2D eigenvalue weighted by Crippen LogP contribution is 2.13. The van der Waals surface area contributed by atoms with E-state index in [1.807, 2.05) is 19.1 Å².